The largest absolute Gasteiger partial charge is 0.378 e. The van der Waals surface area contributed by atoms with Crippen LogP contribution in [0.4, 0.5) is 5.69 Å². The molecule has 7 heteroatoms. The number of benzene rings is 2. The standard InChI is InChI=1S/C24H29Cl2N3O2/c25-21-4-3-20(23(26)15-21)17-28-9-7-19(8-10-28)24(30)27-16-18-1-5-22(6-2-18)29-11-13-31-14-12-29/h1-6,15,19H,7-14,16-17H2,(H,27,30). The van der Waals surface area contributed by atoms with E-state index in [4.69, 9.17) is 27.9 Å². The number of amides is 1. The third-order valence-electron chi connectivity index (χ3n) is 6.15. The lowest BCUT2D eigenvalue weighted by molar-refractivity contribution is -0.126. The van der Waals surface area contributed by atoms with Crippen LogP contribution in [0.25, 0.3) is 0 Å². The Morgan fingerprint density at radius 3 is 2.39 bits per heavy atom. The Labute approximate surface area is 194 Å². The highest BCUT2D eigenvalue weighted by Crippen LogP contribution is 2.25. The fourth-order valence-corrected chi connectivity index (χ4v) is 4.69. The van der Waals surface area contributed by atoms with E-state index in [1.54, 1.807) is 6.07 Å². The lowest BCUT2D eigenvalue weighted by atomic mass is 9.95. The zero-order valence-electron chi connectivity index (χ0n) is 17.7. The zero-order chi connectivity index (χ0) is 21.6. The predicted molar refractivity (Wildman–Crippen MR) is 126 cm³/mol. The Kier molecular flexibility index (Phi) is 7.72. The molecule has 2 saturated heterocycles. The first-order valence-corrected chi connectivity index (χ1v) is 11.7. The van der Waals surface area contributed by atoms with Crippen molar-refractivity contribution in [2.45, 2.75) is 25.9 Å². The summed E-state index contributed by atoms with van der Waals surface area (Å²) in [5.74, 6) is 0.228. The molecule has 4 rings (SSSR count). The van der Waals surface area contributed by atoms with Crippen LogP contribution >= 0.6 is 23.2 Å². The quantitative estimate of drug-likeness (QED) is 0.693. The van der Waals surface area contributed by atoms with E-state index in [-0.39, 0.29) is 11.8 Å². The van der Waals surface area contributed by atoms with Crippen LogP contribution in [0.5, 0.6) is 0 Å². The fraction of sp³-hybridized carbons (Fsp3) is 0.458. The van der Waals surface area contributed by atoms with Gasteiger partial charge in [0, 0.05) is 47.8 Å². The van der Waals surface area contributed by atoms with Gasteiger partial charge in [-0.15, -0.1) is 0 Å². The maximum atomic E-state index is 12.7. The van der Waals surface area contributed by atoms with Crippen molar-refractivity contribution in [3.8, 4) is 0 Å². The van der Waals surface area contributed by atoms with Crippen LogP contribution < -0.4 is 10.2 Å². The molecule has 2 aliphatic rings. The molecule has 0 aliphatic carbocycles. The topological polar surface area (TPSA) is 44.8 Å². The van der Waals surface area contributed by atoms with Crippen molar-refractivity contribution in [2.24, 2.45) is 5.92 Å². The first kappa shape index (κ1) is 22.4. The van der Waals surface area contributed by atoms with Gasteiger partial charge in [0.1, 0.15) is 0 Å². The van der Waals surface area contributed by atoms with Gasteiger partial charge in [-0.2, -0.15) is 0 Å². The molecule has 2 aliphatic heterocycles. The maximum Gasteiger partial charge on any atom is 0.223 e. The van der Waals surface area contributed by atoms with Crippen molar-refractivity contribution in [2.75, 3.05) is 44.3 Å². The third kappa shape index (κ3) is 6.13. The summed E-state index contributed by atoms with van der Waals surface area (Å²) in [6.45, 7) is 6.57. The number of rotatable bonds is 6. The van der Waals surface area contributed by atoms with E-state index in [1.165, 1.54) is 5.69 Å². The molecule has 1 N–H and O–H groups in total. The lowest BCUT2D eigenvalue weighted by Gasteiger charge is -2.31. The van der Waals surface area contributed by atoms with Gasteiger partial charge in [-0.25, -0.2) is 0 Å². The highest BCUT2D eigenvalue weighted by Gasteiger charge is 2.25. The van der Waals surface area contributed by atoms with Gasteiger partial charge in [0.05, 0.1) is 13.2 Å². The van der Waals surface area contributed by atoms with Crippen LogP contribution in [-0.4, -0.2) is 50.2 Å². The van der Waals surface area contributed by atoms with Crippen molar-refractivity contribution in [1.82, 2.24) is 10.2 Å². The average molecular weight is 462 g/mol. The summed E-state index contributed by atoms with van der Waals surface area (Å²) in [4.78, 5) is 17.3. The molecule has 0 atom stereocenters. The molecule has 0 spiro atoms. The number of hydrogen-bond donors (Lipinski definition) is 1. The summed E-state index contributed by atoms with van der Waals surface area (Å²) >= 11 is 12.3. The minimum atomic E-state index is 0.0737. The molecule has 31 heavy (non-hydrogen) atoms. The second-order valence-electron chi connectivity index (χ2n) is 8.27. The van der Waals surface area contributed by atoms with Gasteiger partial charge in [0.25, 0.3) is 0 Å². The van der Waals surface area contributed by atoms with E-state index in [0.717, 1.165) is 69.9 Å². The number of hydrogen-bond acceptors (Lipinski definition) is 4. The zero-order valence-corrected chi connectivity index (χ0v) is 19.2. The number of piperidine rings is 1. The van der Waals surface area contributed by atoms with Gasteiger partial charge in [-0.1, -0.05) is 41.4 Å². The summed E-state index contributed by atoms with van der Waals surface area (Å²) in [6.07, 6.45) is 1.74. The monoisotopic (exact) mass is 461 g/mol. The summed E-state index contributed by atoms with van der Waals surface area (Å²) < 4.78 is 5.41. The molecule has 5 nitrogen and oxygen atoms in total. The fourth-order valence-electron chi connectivity index (χ4n) is 4.22. The Bertz CT molecular complexity index is 877. The van der Waals surface area contributed by atoms with E-state index in [0.29, 0.717) is 16.6 Å². The number of likely N-dealkylation sites (tertiary alicyclic amines) is 1. The molecule has 0 bridgehead atoms. The minimum Gasteiger partial charge on any atom is -0.378 e. The molecular weight excluding hydrogens is 433 g/mol. The van der Waals surface area contributed by atoms with E-state index in [1.807, 2.05) is 12.1 Å². The second kappa shape index (κ2) is 10.7. The van der Waals surface area contributed by atoms with Gasteiger partial charge in [-0.05, 0) is 61.3 Å². The third-order valence-corrected chi connectivity index (χ3v) is 6.73. The summed E-state index contributed by atoms with van der Waals surface area (Å²) in [5, 5.41) is 4.47. The minimum absolute atomic E-state index is 0.0737. The van der Waals surface area contributed by atoms with Crippen molar-refractivity contribution in [3.63, 3.8) is 0 Å². The van der Waals surface area contributed by atoms with E-state index >= 15 is 0 Å². The highest BCUT2D eigenvalue weighted by atomic mass is 35.5. The Morgan fingerprint density at radius 2 is 1.71 bits per heavy atom. The van der Waals surface area contributed by atoms with Gasteiger partial charge in [0.2, 0.25) is 5.91 Å². The van der Waals surface area contributed by atoms with E-state index in [2.05, 4.69) is 39.4 Å². The maximum absolute atomic E-state index is 12.7. The van der Waals surface area contributed by atoms with Gasteiger partial charge in [0.15, 0.2) is 0 Å². The van der Waals surface area contributed by atoms with Gasteiger partial charge in [-0.3, -0.25) is 9.69 Å². The molecule has 166 valence electrons. The molecule has 2 aromatic rings. The Hall–Kier alpha value is -1.79. The van der Waals surface area contributed by atoms with Crippen molar-refractivity contribution >= 4 is 34.8 Å². The van der Waals surface area contributed by atoms with Crippen LogP contribution in [0.1, 0.15) is 24.0 Å². The molecule has 2 heterocycles. The number of nitrogens with zero attached hydrogens (tertiary/aromatic N) is 2. The normalized spacial score (nSPS) is 18.2. The summed E-state index contributed by atoms with van der Waals surface area (Å²) in [5.41, 5.74) is 3.42. The first-order chi connectivity index (χ1) is 15.1. The second-order valence-corrected chi connectivity index (χ2v) is 9.11. The number of nitrogens with one attached hydrogen (secondary N) is 1. The Balaban J connectivity index is 1.21. The van der Waals surface area contributed by atoms with Gasteiger partial charge < -0.3 is 15.0 Å². The van der Waals surface area contributed by atoms with Crippen LogP contribution in [0.2, 0.25) is 10.0 Å². The number of carbonyl (C=O) groups is 1. The molecule has 0 saturated carbocycles. The number of anilines is 1. The van der Waals surface area contributed by atoms with E-state index < -0.39 is 0 Å². The van der Waals surface area contributed by atoms with Crippen molar-refractivity contribution in [1.29, 1.82) is 0 Å². The highest BCUT2D eigenvalue weighted by molar-refractivity contribution is 6.35. The number of ether oxygens (including phenoxy) is 1. The smallest absolute Gasteiger partial charge is 0.223 e. The number of carbonyl (C=O) groups excluding carboxylic acids is 1. The van der Waals surface area contributed by atoms with E-state index in [9.17, 15) is 4.79 Å². The van der Waals surface area contributed by atoms with Crippen molar-refractivity contribution in [3.05, 3.63) is 63.6 Å². The summed E-state index contributed by atoms with van der Waals surface area (Å²) in [6, 6.07) is 14.1. The molecule has 0 aromatic heterocycles. The number of morpholine rings is 1. The SMILES string of the molecule is O=C(NCc1ccc(N2CCOCC2)cc1)C1CCN(Cc2ccc(Cl)cc2Cl)CC1. The van der Waals surface area contributed by atoms with Crippen LogP contribution in [0, 0.1) is 5.92 Å². The van der Waals surface area contributed by atoms with Gasteiger partial charge >= 0.3 is 0 Å². The predicted octanol–water partition coefficient (Wildman–Crippen LogP) is 4.36. The van der Waals surface area contributed by atoms with Crippen LogP contribution in [0.15, 0.2) is 42.5 Å². The Morgan fingerprint density at radius 1 is 1.00 bits per heavy atom. The molecule has 0 unspecified atom stereocenters. The lowest BCUT2D eigenvalue weighted by Crippen LogP contribution is -2.40. The molecular formula is C24H29Cl2N3O2. The average Bonchev–Trinajstić information content (AvgIpc) is 2.81. The summed E-state index contributed by atoms with van der Waals surface area (Å²) in [7, 11) is 0. The molecule has 1 amide bonds. The molecule has 0 radical (unpaired) electrons. The first-order valence-electron chi connectivity index (χ1n) is 10.9. The molecule has 2 aromatic carbocycles. The van der Waals surface area contributed by atoms with Crippen molar-refractivity contribution < 1.29 is 9.53 Å². The number of halogens is 2. The van der Waals surface area contributed by atoms with Crippen LogP contribution in [0.3, 0.4) is 0 Å². The van der Waals surface area contributed by atoms with Crippen LogP contribution in [-0.2, 0) is 22.6 Å². The molecule has 2 fully saturated rings.